The standard InChI is InChI=1S/C17H17NO4/c1-16(15(20)21)12-7-8-17(22-12)10-18(14(19)13(16)17)9-11-5-3-2-4-6-11/h2-8,12-13H,9-10H2,1H3,(H,20,21)/t12-,13-,16?,17-/m1/s1. The first kappa shape index (κ1) is 13.5. The number of carboxylic acids is 1. The zero-order valence-electron chi connectivity index (χ0n) is 12.2. The van der Waals surface area contributed by atoms with Gasteiger partial charge in [-0.15, -0.1) is 0 Å². The third-order valence-electron chi connectivity index (χ3n) is 5.25. The molecule has 0 aromatic heterocycles. The first-order valence-corrected chi connectivity index (χ1v) is 7.41. The molecule has 1 spiro atoms. The molecule has 0 aliphatic carbocycles. The van der Waals surface area contributed by atoms with Gasteiger partial charge in [-0.25, -0.2) is 0 Å². The first-order valence-electron chi connectivity index (χ1n) is 7.41. The molecule has 3 aliphatic heterocycles. The molecular formula is C17H17NO4. The quantitative estimate of drug-likeness (QED) is 0.858. The van der Waals surface area contributed by atoms with E-state index < -0.39 is 29.0 Å². The van der Waals surface area contributed by atoms with E-state index in [-0.39, 0.29) is 5.91 Å². The number of aliphatic carboxylic acids is 1. The molecule has 22 heavy (non-hydrogen) atoms. The normalized spacial score (nSPS) is 38.6. The number of likely N-dealkylation sites (tertiary alicyclic amines) is 1. The Morgan fingerprint density at radius 2 is 2.14 bits per heavy atom. The lowest BCUT2D eigenvalue weighted by Gasteiger charge is -2.30. The Bertz CT molecular complexity index is 685. The molecule has 0 saturated carbocycles. The number of hydrogen-bond donors (Lipinski definition) is 1. The number of fused-ring (bicyclic) bond motifs is 1. The van der Waals surface area contributed by atoms with Gasteiger partial charge in [-0.3, -0.25) is 9.59 Å². The summed E-state index contributed by atoms with van der Waals surface area (Å²) in [4.78, 5) is 26.3. The number of carbonyl (C=O) groups is 2. The summed E-state index contributed by atoms with van der Waals surface area (Å²) in [5.41, 5.74) is -0.927. The Labute approximate surface area is 128 Å². The highest BCUT2D eigenvalue weighted by molar-refractivity contribution is 5.93. The van der Waals surface area contributed by atoms with Crippen LogP contribution in [0.1, 0.15) is 12.5 Å². The Hall–Kier alpha value is -2.14. The highest BCUT2D eigenvalue weighted by Gasteiger charge is 2.72. The van der Waals surface area contributed by atoms with Crippen LogP contribution in [0.2, 0.25) is 0 Å². The summed E-state index contributed by atoms with van der Waals surface area (Å²) in [7, 11) is 0. The van der Waals surface area contributed by atoms with Crippen LogP contribution in [-0.4, -0.2) is 40.1 Å². The van der Waals surface area contributed by atoms with Crippen LogP contribution in [0.25, 0.3) is 0 Å². The van der Waals surface area contributed by atoms with E-state index in [0.717, 1.165) is 5.56 Å². The lowest BCUT2D eigenvalue weighted by atomic mass is 9.66. The van der Waals surface area contributed by atoms with Crippen molar-refractivity contribution in [3.05, 3.63) is 48.0 Å². The molecule has 1 amide bonds. The number of rotatable bonds is 3. The van der Waals surface area contributed by atoms with E-state index in [2.05, 4.69) is 0 Å². The van der Waals surface area contributed by atoms with Crippen molar-refractivity contribution in [1.29, 1.82) is 0 Å². The van der Waals surface area contributed by atoms with Gasteiger partial charge in [0.1, 0.15) is 11.0 Å². The summed E-state index contributed by atoms with van der Waals surface area (Å²) < 4.78 is 5.94. The molecule has 1 aromatic rings. The van der Waals surface area contributed by atoms with Crippen LogP contribution in [0.15, 0.2) is 42.5 Å². The largest absolute Gasteiger partial charge is 0.481 e. The zero-order valence-corrected chi connectivity index (χ0v) is 12.2. The lowest BCUT2D eigenvalue weighted by molar-refractivity contribution is -0.156. The molecule has 2 fully saturated rings. The zero-order chi connectivity index (χ0) is 15.5. The maximum Gasteiger partial charge on any atom is 0.313 e. The summed E-state index contributed by atoms with van der Waals surface area (Å²) in [5, 5.41) is 9.65. The molecule has 1 aromatic carbocycles. The van der Waals surface area contributed by atoms with E-state index in [1.54, 1.807) is 17.9 Å². The average Bonchev–Trinajstić information content (AvgIpc) is 3.10. The molecule has 0 radical (unpaired) electrons. The van der Waals surface area contributed by atoms with Crippen molar-refractivity contribution in [2.45, 2.75) is 25.2 Å². The third kappa shape index (κ3) is 1.52. The maximum atomic E-state index is 12.8. The summed E-state index contributed by atoms with van der Waals surface area (Å²) >= 11 is 0. The highest BCUT2D eigenvalue weighted by Crippen LogP contribution is 2.58. The minimum Gasteiger partial charge on any atom is -0.481 e. The fourth-order valence-electron chi connectivity index (χ4n) is 4.11. The molecule has 114 valence electrons. The van der Waals surface area contributed by atoms with Gasteiger partial charge in [0.25, 0.3) is 0 Å². The summed E-state index contributed by atoms with van der Waals surface area (Å²) in [6, 6.07) is 9.71. The smallest absolute Gasteiger partial charge is 0.313 e. The molecule has 5 heteroatoms. The first-order chi connectivity index (χ1) is 10.5. The van der Waals surface area contributed by atoms with Crippen LogP contribution in [-0.2, 0) is 20.9 Å². The van der Waals surface area contributed by atoms with Gasteiger partial charge in [0.15, 0.2) is 0 Å². The second-order valence-corrected chi connectivity index (χ2v) is 6.55. The minimum absolute atomic E-state index is 0.124. The third-order valence-corrected chi connectivity index (χ3v) is 5.25. The molecule has 3 heterocycles. The van der Waals surface area contributed by atoms with Crippen molar-refractivity contribution in [3.63, 3.8) is 0 Å². The van der Waals surface area contributed by atoms with Gasteiger partial charge in [-0.2, -0.15) is 0 Å². The molecule has 4 atom stereocenters. The molecule has 1 N–H and O–H groups in total. The molecule has 2 saturated heterocycles. The van der Waals surface area contributed by atoms with E-state index in [1.165, 1.54) is 0 Å². The van der Waals surface area contributed by atoms with Crippen molar-refractivity contribution in [2.75, 3.05) is 6.54 Å². The van der Waals surface area contributed by atoms with Crippen LogP contribution in [0.5, 0.6) is 0 Å². The van der Waals surface area contributed by atoms with E-state index in [0.29, 0.717) is 13.1 Å². The predicted octanol–water partition coefficient (Wildman–Crippen LogP) is 1.44. The second kappa shape index (κ2) is 4.20. The Morgan fingerprint density at radius 1 is 1.41 bits per heavy atom. The van der Waals surface area contributed by atoms with E-state index in [1.807, 2.05) is 36.4 Å². The van der Waals surface area contributed by atoms with Crippen LogP contribution < -0.4 is 0 Å². The van der Waals surface area contributed by atoms with Gasteiger partial charge in [-0.05, 0) is 12.5 Å². The van der Waals surface area contributed by atoms with Crippen LogP contribution in [0.3, 0.4) is 0 Å². The van der Waals surface area contributed by atoms with Crippen molar-refractivity contribution in [3.8, 4) is 0 Å². The van der Waals surface area contributed by atoms with Gasteiger partial charge >= 0.3 is 5.97 Å². The lowest BCUT2D eigenvalue weighted by Crippen LogP contribution is -2.47. The van der Waals surface area contributed by atoms with E-state index >= 15 is 0 Å². The van der Waals surface area contributed by atoms with Gasteiger partial charge in [-0.1, -0.05) is 42.5 Å². The molecule has 4 rings (SSSR count). The second-order valence-electron chi connectivity index (χ2n) is 6.55. The number of nitrogens with zero attached hydrogens (tertiary/aromatic N) is 1. The fourth-order valence-corrected chi connectivity index (χ4v) is 4.11. The SMILES string of the molecule is CC1(C(=O)O)[C@H]2C(=O)N(Cc3ccccc3)C[C@]23C=C[C@H]1O3. The number of hydrogen-bond acceptors (Lipinski definition) is 3. The highest BCUT2D eigenvalue weighted by atomic mass is 16.5. The van der Waals surface area contributed by atoms with E-state index in [4.69, 9.17) is 4.74 Å². The molecule has 3 aliphatic rings. The number of carbonyl (C=O) groups excluding carboxylic acids is 1. The number of carboxylic acid groups (broad SMARTS) is 1. The van der Waals surface area contributed by atoms with Crippen LogP contribution >= 0.6 is 0 Å². The van der Waals surface area contributed by atoms with Crippen molar-refractivity contribution in [1.82, 2.24) is 4.90 Å². The predicted molar refractivity (Wildman–Crippen MR) is 77.8 cm³/mol. The number of amides is 1. The van der Waals surface area contributed by atoms with Crippen LogP contribution in [0.4, 0.5) is 0 Å². The van der Waals surface area contributed by atoms with E-state index in [9.17, 15) is 14.7 Å². The fraction of sp³-hybridized carbons (Fsp3) is 0.412. The van der Waals surface area contributed by atoms with Gasteiger partial charge in [0.05, 0.1) is 18.6 Å². The molecule has 2 bridgehead atoms. The summed E-state index contributed by atoms with van der Waals surface area (Å²) in [6.45, 7) is 2.52. The van der Waals surface area contributed by atoms with Gasteiger partial charge < -0.3 is 14.7 Å². The molecule has 1 unspecified atom stereocenters. The number of ether oxygens (including phenoxy) is 1. The monoisotopic (exact) mass is 299 g/mol. The van der Waals surface area contributed by atoms with Gasteiger partial charge in [0, 0.05) is 6.54 Å². The van der Waals surface area contributed by atoms with Crippen LogP contribution in [0, 0.1) is 11.3 Å². The number of benzene rings is 1. The van der Waals surface area contributed by atoms with Crippen molar-refractivity contribution < 1.29 is 19.4 Å². The molecular weight excluding hydrogens is 282 g/mol. The maximum absolute atomic E-state index is 12.8. The Morgan fingerprint density at radius 3 is 2.82 bits per heavy atom. The van der Waals surface area contributed by atoms with Crippen molar-refractivity contribution >= 4 is 11.9 Å². The van der Waals surface area contributed by atoms with Gasteiger partial charge in [0.2, 0.25) is 5.91 Å². The Kier molecular flexibility index (Phi) is 2.58. The topological polar surface area (TPSA) is 66.8 Å². The van der Waals surface area contributed by atoms with Crippen molar-refractivity contribution in [2.24, 2.45) is 11.3 Å². The Balaban J connectivity index is 1.68. The molecule has 5 nitrogen and oxygen atoms in total. The minimum atomic E-state index is -1.18. The summed E-state index contributed by atoms with van der Waals surface area (Å²) in [6.07, 6.45) is 3.16. The summed E-state index contributed by atoms with van der Waals surface area (Å²) in [5.74, 6) is -1.74. The average molecular weight is 299 g/mol.